The van der Waals surface area contributed by atoms with Gasteiger partial charge < -0.3 is 4.90 Å². The highest BCUT2D eigenvalue weighted by atomic mass is 15.1. The summed E-state index contributed by atoms with van der Waals surface area (Å²) < 4.78 is 0. The SMILES string of the molecule is CN1CCC(c2ccccn2)CC1. The molecule has 2 rings (SSSR count). The average molecular weight is 176 g/mol. The van der Waals surface area contributed by atoms with Gasteiger partial charge in [0.2, 0.25) is 0 Å². The number of likely N-dealkylation sites (tertiary alicyclic amines) is 1. The number of pyridine rings is 1. The molecule has 1 aliphatic rings. The molecule has 1 aliphatic heterocycles. The highest BCUT2D eigenvalue weighted by Gasteiger charge is 2.18. The molecule has 1 aromatic heterocycles. The van der Waals surface area contributed by atoms with E-state index in [4.69, 9.17) is 0 Å². The lowest BCUT2D eigenvalue weighted by Gasteiger charge is -2.28. The third-order valence-corrected chi connectivity index (χ3v) is 2.82. The summed E-state index contributed by atoms with van der Waals surface area (Å²) in [5, 5.41) is 0. The Labute approximate surface area is 79.6 Å². The van der Waals surface area contributed by atoms with E-state index in [1.165, 1.54) is 31.6 Å². The van der Waals surface area contributed by atoms with Gasteiger partial charge in [-0.25, -0.2) is 0 Å². The molecule has 70 valence electrons. The first-order valence-electron chi connectivity index (χ1n) is 4.96. The first-order chi connectivity index (χ1) is 6.36. The lowest BCUT2D eigenvalue weighted by molar-refractivity contribution is 0.253. The Morgan fingerprint density at radius 3 is 2.69 bits per heavy atom. The molecule has 0 atom stereocenters. The van der Waals surface area contributed by atoms with Crippen molar-refractivity contribution in [2.24, 2.45) is 0 Å². The van der Waals surface area contributed by atoms with Gasteiger partial charge in [0.25, 0.3) is 0 Å². The lowest BCUT2D eigenvalue weighted by Crippen LogP contribution is -2.29. The smallest absolute Gasteiger partial charge is 0.0435 e. The molecule has 1 aromatic rings. The Bertz CT molecular complexity index is 250. The molecule has 13 heavy (non-hydrogen) atoms. The molecule has 0 N–H and O–H groups in total. The van der Waals surface area contributed by atoms with Crippen LogP contribution >= 0.6 is 0 Å². The molecule has 0 aromatic carbocycles. The fraction of sp³-hybridized carbons (Fsp3) is 0.545. The minimum atomic E-state index is 0.692. The normalized spacial score (nSPS) is 20.4. The van der Waals surface area contributed by atoms with Crippen LogP contribution in [0.25, 0.3) is 0 Å². The molecule has 0 radical (unpaired) electrons. The van der Waals surface area contributed by atoms with Gasteiger partial charge in [-0.2, -0.15) is 0 Å². The van der Waals surface area contributed by atoms with Gasteiger partial charge >= 0.3 is 0 Å². The Kier molecular flexibility index (Phi) is 2.60. The fourth-order valence-electron chi connectivity index (χ4n) is 1.92. The van der Waals surface area contributed by atoms with Crippen LogP contribution < -0.4 is 0 Å². The van der Waals surface area contributed by atoms with Gasteiger partial charge in [-0.1, -0.05) is 6.07 Å². The summed E-state index contributed by atoms with van der Waals surface area (Å²) in [5.74, 6) is 0.692. The molecular formula is C11H16N2. The van der Waals surface area contributed by atoms with E-state index >= 15 is 0 Å². The van der Waals surface area contributed by atoms with Gasteiger partial charge in [-0.3, -0.25) is 4.98 Å². The Hall–Kier alpha value is -0.890. The van der Waals surface area contributed by atoms with Gasteiger partial charge in [0, 0.05) is 17.8 Å². The predicted molar refractivity (Wildman–Crippen MR) is 53.7 cm³/mol. The molecule has 1 fully saturated rings. The zero-order chi connectivity index (χ0) is 9.10. The van der Waals surface area contributed by atoms with Crippen LogP contribution in [0.15, 0.2) is 24.4 Å². The minimum absolute atomic E-state index is 0.692. The van der Waals surface area contributed by atoms with E-state index in [-0.39, 0.29) is 0 Å². The van der Waals surface area contributed by atoms with Gasteiger partial charge in [-0.15, -0.1) is 0 Å². The Morgan fingerprint density at radius 2 is 2.08 bits per heavy atom. The van der Waals surface area contributed by atoms with Crippen LogP contribution in [0.3, 0.4) is 0 Å². The third kappa shape index (κ3) is 2.07. The van der Waals surface area contributed by atoms with E-state index in [1.807, 2.05) is 12.3 Å². The molecule has 0 amide bonds. The molecule has 0 aliphatic carbocycles. The standard InChI is InChI=1S/C11H16N2/c1-13-8-5-10(6-9-13)11-4-2-3-7-12-11/h2-4,7,10H,5-6,8-9H2,1H3. The van der Waals surface area contributed by atoms with E-state index in [0.717, 1.165) is 0 Å². The topological polar surface area (TPSA) is 16.1 Å². The van der Waals surface area contributed by atoms with Crippen molar-refractivity contribution in [1.82, 2.24) is 9.88 Å². The highest BCUT2D eigenvalue weighted by Crippen LogP contribution is 2.25. The molecule has 1 saturated heterocycles. The summed E-state index contributed by atoms with van der Waals surface area (Å²) in [6.45, 7) is 2.42. The van der Waals surface area contributed by atoms with Crippen LogP contribution in [0.4, 0.5) is 0 Å². The van der Waals surface area contributed by atoms with Gasteiger partial charge in [0.1, 0.15) is 0 Å². The number of rotatable bonds is 1. The molecule has 0 spiro atoms. The van der Waals surface area contributed by atoms with Crippen LogP contribution in [0.2, 0.25) is 0 Å². The molecule has 0 unspecified atom stereocenters. The molecule has 2 heteroatoms. The summed E-state index contributed by atoms with van der Waals surface area (Å²) >= 11 is 0. The van der Waals surface area contributed by atoms with Crippen LogP contribution in [0.5, 0.6) is 0 Å². The summed E-state index contributed by atoms with van der Waals surface area (Å²) in [6.07, 6.45) is 4.41. The summed E-state index contributed by atoms with van der Waals surface area (Å²) in [7, 11) is 2.19. The van der Waals surface area contributed by atoms with Crippen molar-refractivity contribution in [1.29, 1.82) is 0 Å². The summed E-state index contributed by atoms with van der Waals surface area (Å²) in [4.78, 5) is 6.80. The van der Waals surface area contributed by atoms with Crippen LogP contribution in [-0.4, -0.2) is 30.0 Å². The number of piperidine rings is 1. The molecule has 0 bridgehead atoms. The largest absolute Gasteiger partial charge is 0.306 e. The van der Waals surface area contributed by atoms with Crippen molar-refractivity contribution in [2.45, 2.75) is 18.8 Å². The highest BCUT2D eigenvalue weighted by molar-refractivity contribution is 5.10. The summed E-state index contributed by atoms with van der Waals surface area (Å²) in [5.41, 5.74) is 1.27. The van der Waals surface area contributed by atoms with Crippen molar-refractivity contribution in [2.75, 3.05) is 20.1 Å². The maximum absolute atomic E-state index is 4.41. The van der Waals surface area contributed by atoms with E-state index in [2.05, 4.69) is 29.1 Å². The second kappa shape index (κ2) is 3.88. The van der Waals surface area contributed by atoms with Gasteiger partial charge in [0.05, 0.1) is 0 Å². The van der Waals surface area contributed by atoms with Crippen LogP contribution in [0.1, 0.15) is 24.5 Å². The van der Waals surface area contributed by atoms with Crippen molar-refractivity contribution in [3.63, 3.8) is 0 Å². The van der Waals surface area contributed by atoms with Crippen molar-refractivity contribution in [3.8, 4) is 0 Å². The first-order valence-corrected chi connectivity index (χ1v) is 4.96. The van der Waals surface area contributed by atoms with Crippen molar-refractivity contribution >= 4 is 0 Å². The maximum atomic E-state index is 4.41. The maximum Gasteiger partial charge on any atom is 0.0435 e. The quantitative estimate of drug-likeness (QED) is 0.649. The number of nitrogens with zero attached hydrogens (tertiary/aromatic N) is 2. The minimum Gasteiger partial charge on any atom is -0.306 e. The van der Waals surface area contributed by atoms with Gasteiger partial charge in [0.15, 0.2) is 0 Å². The second-order valence-corrected chi connectivity index (χ2v) is 3.83. The summed E-state index contributed by atoms with van der Waals surface area (Å²) in [6, 6.07) is 6.22. The monoisotopic (exact) mass is 176 g/mol. The molecule has 2 heterocycles. The van der Waals surface area contributed by atoms with Crippen molar-refractivity contribution < 1.29 is 0 Å². The van der Waals surface area contributed by atoms with Gasteiger partial charge in [-0.05, 0) is 45.1 Å². The first kappa shape index (κ1) is 8.70. The predicted octanol–water partition coefficient (Wildman–Crippen LogP) is 1.89. The zero-order valence-corrected chi connectivity index (χ0v) is 8.11. The van der Waals surface area contributed by atoms with E-state index in [1.54, 1.807) is 0 Å². The Morgan fingerprint density at radius 1 is 1.31 bits per heavy atom. The zero-order valence-electron chi connectivity index (χ0n) is 8.11. The fourth-order valence-corrected chi connectivity index (χ4v) is 1.92. The lowest BCUT2D eigenvalue weighted by atomic mass is 9.93. The Balaban J connectivity index is 2.03. The van der Waals surface area contributed by atoms with E-state index < -0.39 is 0 Å². The molecular weight excluding hydrogens is 160 g/mol. The average Bonchev–Trinajstić information content (AvgIpc) is 2.20. The number of hydrogen-bond acceptors (Lipinski definition) is 2. The van der Waals surface area contributed by atoms with E-state index in [0.29, 0.717) is 5.92 Å². The van der Waals surface area contributed by atoms with Crippen LogP contribution in [-0.2, 0) is 0 Å². The number of aromatic nitrogens is 1. The van der Waals surface area contributed by atoms with Crippen molar-refractivity contribution in [3.05, 3.63) is 30.1 Å². The second-order valence-electron chi connectivity index (χ2n) is 3.83. The van der Waals surface area contributed by atoms with Crippen LogP contribution in [0, 0.1) is 0 Å². The third-order valence-electron chi connectivity index (χ3n) is 2.82. The number of hydrogen-bond donors (Lipinski definition) is 0. The molecule has 2 nitrogen and oxygen atoms in total. The van der Waals surface area contributed by atoms with E-state index in [9.17, 15) is 0 Å². The molecule has 0 saturated carbocycles.